The lowest BCUT2D eigenvalue weighted by Gasteiger charge is -2.15. The van der Waals surface area contributed by atoms with Crippen molar-refractivity contribution in [3.63, 3.8) is 0 Å². The van der Waals surface area contributed by atoms with Crippen molar-refractivity contribution in [3.8, 4) is 0 Å². The number of nitrogens with two attached hydrogens (primary N) is 1. The fourth-order valence-corrected chi connectivity index (χ4v) is 1.97. The van der Waals surface area contributed by atoms with E-state index in [4.69, 9.17) is 17.3 Å². The lowest BCUT2D eigenvalue weighted by atomic mass is 10.1. The molecule has 0 aliphatic heterocycles. The molecule has 0 aliphatic rings. The standard InChI is InChI=1S/C14H14ClN3O/c1-9(13-4-2-3-7-17-13)18-10-5-6-12(15)11(8-10)14(16)19/h2-9,18H,1H3,(H2,16,19). The van der Waals surface area contributed by atoms with Gasteiger partial charge in [0, 0.05) is 11.9 Å². The summed E-state index contributed by atoms with van der Waals surface area (Å²) in [5.41, 5.74) is 7.26. The molecule has 0 saturated heterocycles. The van der Waals surface area contributed by atoms with Crippen LogP contribution in [0.15, 0.2) is 42.6 Å². The normalized spacial score (nSPS) is 11.9. The molecule has 1 atom stereocenters. The van der Waals surface area contributed by atoms with E-state index in [9.17, 15) is 4.79 Å². The van der Waals surface area contributed by atoms with E-state index in [1.165, 1.54) is 0 Å². The number of rotatable bonds is 4. The highest BCUT2D eigenvalue weighted by molar-refractivity contribution is 6.33. The van der Waals surface area contributed by atoms with Crippen LogP contribution in [-0.4, -0.2) is 10.9 Å². The van der Waals surface area contributed by atoms with E-state index >= 15 is 0 Å². The van der Waals surface area contributed by atoms with Gasteiger partial charge < -0.3 is 11.1 Å². The fraction of sp³-hybridized carbons (Fsp3) is 0.143. The Bertz CT molecular complexity index is 586. The quantitative estimate of drug-likeness (QED) is 0.901. The van der Waals surface area contributed by atoms with Crippen LogP contribution < -0.4 is 11.1 Å². The number of amides is 1. The van der Waals surface area contributed by atoms with Gasteiger partial charge in [-0.2, -0.15) is 0 Å². The van der Waals surface area contributed by atoms with E-state index in [1.807, 2.05) is 25.1 Å². The number of aromatic nitrogens is 1. The third-order valence-corrected chi connectivity index (χ3v) is 3.08. The number of hydrogen-bond donors (Lipinski definition) is 2. The number of nitrogens with one attached hydrogen (secondary N) is 1. The number of nitrogens with zero attached hydrogens (tertiary/aromatic N) is 1. The zero-order valence-electron chi connectivity index (χ0n) is 10.4. The Morgan fingerprint density at radius 3 is 2.79 bits per heavy atom. The fourth-order valence-electron chi connectivity index (χ4n) is 1.76. The average Bonchev–Trinajstić information content (AvgIpc) is 2.41. The van der Waals surface area contributed by atoms with Crippen LogP contribution in [0.25, 0.3) is 0 Å². The van der Waals surface area contributed by atoms with Gasteiger partial charge in [-0.25, -0.2) is 0 Å². The number of halogens is 1. The van der Waals surface area contributed by atoms with Crippen LogP contribution in [0.3, 0.4) is 0 Å². The molecule has 4 nitrogen and oxygen atoms in total. The van der Waals surface area contributed by atoms with Crippen molar-refractivity contribution in [3.05, 3.63) is 58.9 Å². The van der Waals surface area contributed by atoms with E-state index in [0.29, 0.717) is 10.6 Å². The summed E-state index contributed by atoms with van der Waals surface area (Å²) < 4.78 is 0. The number of carbonyl (C=O) groups is 1. The van der Waals surface area contributed by atoms with Crippen molar-refractivity contribution in [1.29, 1.82) is 0 Å². The Morgan fingerprint density at radius 1 is 1.37 bits per heavy atom. The zero-order chi connectivity index (χ0) is 13.8. The predicted molar refractivity (Wildman–Crippen MR) is 76.2 cm³/mol. The Labute approximate surface area is 116 Å². The number of carbonyl (C=O) groups excluding carboxylic acids is 1. The van der Waals surface area contributed by atoms with Crippen LogP contribution in [0.2, 0.25) is 5.02 Å². The molecule has 2 rings (SSSR count). The number of pyridine rings is 1. The lowest BCUT2D eigenvalue weighted by molar-refractivity contribution is 0.100. The third-order valence-electron chi connectivity index (χ3n) is 2.75. The van der Waals surface area contributed by atoms with Gasteiger partial charge in [-0.15, -0.1) is 0 Å². The first-order valence-corrected chi connectivity index (χ1v) is 6.22. The molecule has 0 fully saturated rings. The van der Waals surface area contributed by atoms with Gasteiger partial charge >= 0.3 is 0 Å². The largest absolute Gasteiger partial charge is 0.377 e. The monoisotopic (exact) mass is 275 g/mol. The summed E-state index contributed by atoms with van der Waals surface area (Å²) in [5.74, 6) is -0.542. The maximum Gasteiger partial charge on any atom is 0.250 e. The number of anilines is 1. The molecule has 1 heterocycles. The molecule has 0 spiro atoms. The second-order valence-corrected chi connectivity index (χ2v) is 4.59. The highest BCUT2D eigenvalue weighted by atomic mass is 35.5. The Kier molecular flexibility index (Phi) is 4.02. The summed E-state index contributed by atoms with van der Waals surface area (Å²) in [6.45, 7) is 1.99. The van der Waals surface area contributed by atoms with E-state index in [0.717, 1.165) is 11.4 Å². The molecule has 19 heavy (non-hydrogen) atoms. The van der Waals surface area contributed by atoms with Gasteiger partial charge in [0.1, 0.15) is 0 Å². The van der Waals surface area contributed by atoms with E-state index in [1.54, 1.807) is 24.4 Å². The lowest BCUT2D eigenvalue weighted by Crippen LogP contribution is -2.13. The van der Waals surface area contributed by atoms with Crippen LogP contribution >= 0.6 is 11.6 Å². The smallest absolute Gasteiger partial charge is 0.250 e. The molecule has 0 aliphatic carbocycles. The zero-order valence-corrected chi connectivity index (χ0v) is 11.2. The van der Waals surface area contributed by atoms with Crippen molar-refractivity contribution in [1.82, 2.24) is 4.98 Å². The summed E-state index contributed by atoms with van der Waals surface area (Å²) in [5, 5.41) is 3.60. The van der Waals surface area contributed by atoms with Gasteiger partial charge in [-0.05, 0) is 37.3 Å². The van der Waals surface area contributed by atoms with Crippen LogP contribution in [0.5, 0.6) is 0 Å². The molecule has 3 N–H and O–H groups in total. The molecule has 1 aromatic heterocycles. The summed E-state index contributed by atoms with van der Waals surface area (Å²) in [6, 6.07) is 10.8. The number of hydrogen-bond acceptors (Lipinski definition) is 3. The third kappa shape index (κ3) is 3.23. The van der Waals surface area contributed by atoms with Gasteiger partial charge in [-0.1, -0.05) is 17.7 Å². The molecule has 0 radical (unpaired) electrons. The van der Waals surface area contributed by atoms with Gasteiger partial charge in [0.25, 0.3) is 0 Å². The van der Waals surface area contributed by atoms with Gasteiger partial charge in [0.2, 0.25) is 5.91 Å². The van der Waals surface area contributed by atoms with Crippen LogP contribution in [0.4, 0.5) is 5.69 Å². The molecular formula is C14H14ClN3O. The molecule has 1 unspecified atom stereocenters. The first kappa shape index (κ1) is 13.4. The SMILES string of the molecule is CC(Nc1ccc(Cl)c(C(N)=O)c1)c1ccccn1. The molecule has 1 aromatic carbocycles. The Morgan fingerprint density at radius 2 is 2.16 bits per heavy atom. The Balaban J connectivity index is 2.20. The van der Waals surface area contributed by atoms with E-state index < -0.39 is 5.91 Å². The van der Waals surface area contributed by atoms with Crippen LogP contribution in [-0.2, 0) is 0 Å². The molecule has 2 aromatic rings. The minimum Gasteiger partial charge on any atom is -0.377 e. The molecule has 98 valence electrons. The van der Waals surface area contributed by atoms with E-state index in [-0.39, 0.29) is 6.04 Å². The first-order chi connectivity index (χ1) is 9.08. The van der Waals surface area contributed by atoms with Crippen molar-refractivity contribution >= 4 is 23.2 Å². The number of primary amides is 1. The summed E-state index contributed by atoms with van der Waals surface area (Å²) in [6.07, 6.45) is 1.74. The molecule has 0 saturated carbocycles. The molecule has 1 amide bonds. The first-order valence-electron chi connectivity index (χ1n) is 5.84. The second-order valence-electron chi connectivity index (χ2n) is 4.18. The van der Waals surface area contributed by atoms with E-state index in [2.05, 4.69) is 10.3 Å². The number of benzene rings is 1. The highest BCUT2D eigenvalue weighted by Gasteiger charge is 2.10. The predicted octanol–water partition coefficient (Wildman–Crippen LogP) is 3.01. The maximum atomic E-state index is 11.2. The van der Waals surface area contributed by atoms with Gasteiger partial charge in [-0.3, -0.25) is 9.78 Å². The minimum absolute atomic E-state index is 0.0168. The van der Waals surface area contributed by atoms with Gasteiger partial charge in [0.15, 0.2) is 0 Å². The van der Waals surface area contributed by atoms with Crippen molar-refractivity contribution in [2.75, 3.05) is 5.32 Å². The van der Waals surface area contributed by atoms with Crippen molar-refractivity contribution in [2.45, 2.75) is 13.0 Å². The second kappa shape index (κ2) is 5.71. The highest BCUT2D eigenvalue weighted by Crippen LogP contribution is 2.23. The van der Waals surface area contributed by atoms with Crippen molar-refractivity contribution in [2.24, 2.45) is 5.73 Å². The summed E-state index contributed by atoms with van der Waals surface area (Å²) in [4.78, 5) is 15.5. The summed E-state index contributed by atoms with van der Waals surface area (Å²) >= 11 is 5.90. The molecular weight excluding hydrogens is 262 g/mol. The maximum absolute atomic E-state index is 11.2. The van der Waals surface area contributed by atoms with Crippen LogP contribution in [0, 0.1) is 0 Å². The minimum atomic E-state index is -0.542. The Hall–Kier alpha value is -2.07. The van der Waals surface area contributed by atoms with Gasteiger partial charge in [0.05, 0.1) is 22.3 Å². The summed E-state index contributed by atoms with van der Waals surface area (Å²) in [7, 11) is 0. The van der Waals surface area contributed by atoms with Crippen molar-refractivity contribution < 1.29 is 4.79 Å². The molecule has 5 heteroatoms. The molecule has 0 bridgehead atoms. The average molecular weight is 276 g/mol. The van der Waals surface area contributed by atoms with Crippen LogP contribution in [0.1, 0.15) is 29.0 Å². The topological polar surface area (TPSA) is 68.0 Å².